The van der Waals surface area contributed by atoms with Crippen molar-refractivity contribution in [3.8, 4) is 5.75 Å². The summed E-state index contributed by atoms with van der Waals surface area (Å²) in [6.07, 6.45) is 1.26. The number of halogens is 1. The molecule has 2 rings (SSSR count). The van der Waals surface area contributed by atoms with Gasteiger partial charge in [-0.2, -0.15) is 5.10 Å². The molecule has 9 nitrogen and oxygen atoms in total. The van der Waals surface area contributed by atoms with E-state index in [1.54, 1.807) is 6.07 Å². The molecular formula is C16H13ClN4O5. The second kappa shape index (κ2) is 8.58. The van der Waals surface area contributed by atoms with Gasteiger partial charge in [-0.25, -0.2) is 5.43 Å². The summed E-state index contributed by atoms with van der Waals surface area (Å²) in [5.74, 6) is -0.991. The lowest BCUT2D eigenvalue weighted by molar-refractivity contribution is -0.384. The van der Waals surface area contributed by atoms with Crippen LogP contribution >= 0.6 is 11.6 Å². The third-order valence-corrected chi connectivity index (χ3v) is 3.27. The Kier molecular flexibility index (Phi) is 6.23. The van der Waals surface area contributed by atoms with Crippen LogP contribution in [0.4, 0.5) is 5.69 Å². The van der Waals surface area contributed by atoms with Crippen LogP contribution in [0, 0.1) is 10.1 Å². The van der Waals surface area contributed by atoms with E-state index in [1.165, 1.54) is 36.5 Å². The second-order valence-corrected chi connectivity index (χ2v) is 5.38. The first kappa shape index (κ1) is 18.9. The number of hydrazone groups is 1. The normalized spacial score (nSPS) is 10.5. The summed E-state index contributed by atoms with van der Waals surface area (Å²) in [7, 11) is 0. The number of non-ortho nitro benzene ring substituents is 1. The second-order valence-electron chi connectivity index (χ2n) is 4.94. The number of amides is 2. The Balaban J connectivity index is 2.11. The van der Waals surface area contributed by atoms with Gasteiger partial charge in [0.25, 0.3) is 17.5 Å². The molecule has 0 aromatic heterocycles. The van der Waals surface area contributed by atoms with E-state index in [0.29, 0.717) is 16.3 Å². The third kappa shape index (κ3) is 5.28. The van der Waals surface area contributed by atoms with Gasteiger partial charge >= 0.3 is 0 Å². The van der Waals surface area contributed by atoms with Crippen molar-refractivity contribution in [2.45, 2.75) is 0 Å². The molecule has 0 atom stereocenters. The highest BCUT2D eigenvalue weighted by molar-refractivity contribution is 6.30. The molecule has 2 amide bonds. The van der Waals surface area contributed by atoms with Crippen molar-refractivity contribution in [2.75, 3.05) is 6.61 Å². The molecule has 134 valence electrons. The number of rotatable bonds is 7. The number of nitro groups is 1. The molecule has 2 aromatic carbocycles. The van der Waals surface area contributed by atoms with Crippen LogP contribution in [0.25, 0.3) is 0 Å². The van der Waals surface area contributed by atoms with Gasteiger partial charge in [0.15, 0.2) is 6.61 Å². The van der Waals surface area contributed by atoms with Gasteiger partial charge in [-0.05, 0) is 24.3 Å². The Morgan fingerprint density at radius 2 is 2.08 bits per heavy atom. The van der Waals surface area contributed by atoms with Gasteiger partial charge in [-0.1, -0.05) is 17.7 Å². The van der Waals surface area contributed by atoms with Crippen molar-refractivity contribution in [3.63, 3.8) is 0 Å². The summed E-state index contributed by atoms with van der Waals surface area (Å²) in [5.41, 5.74) is 7.54. The highest BCUT2D eigenvalue weighted by Crippen LogP contribution is 2.21. The molecule has 2 aromatic rings. The van der Waals surface area contributed by atoms with Crippen LogP contribution in [0.15, 0.2) is 47.6 Å². The van der Waals surface area contributed by atoms with Crippen molar-refractivity contribution in [1.29, 1.82) is 0 Å². The number of benzene rings is 2. The van der Waals surface area contributed by atoms with E-state index < -0.39 is 16.7 Å². The fraction of sp³-hybridized carbons (Fsp3) is 0.0625. The monoisotopic (exact) mass is 376 g/mol. The maximum Gasteiger partial charge on any atom is 0.271 e. The fourth-order valence-corrected chi connectivity index (χ4v) is 2.07. The average molecular weight is 377 g/mol. The molecule has 0 spiro atoms. The zero-order valence-electron chi connectivity index (χ0n) is 13.2. The third-order valence-electron chi connectivity index (χ3n) is 3.03. The first-order valence-corrected chi connectivity index (χ1v) is 7.53. The number of carbonyl (C=O) groups is 2. The van der Waals surface area contributed by atoms with Crippen LogP contribution in [-0.2, 0) is 4.79 Å². The summed E-state index contributed by atoms with van der Waals surface area (Å²) in [6.45, 7) is -0.331. The average Bonchev–Trinajstić information content (AvgIpc) is 2.60. The molecule has 0 heterocycles. The van der Waals surface area contributed by atoms with E-state index in [4.69, 9.17) is 22.1 Å². The lowest BCUT2D eigenvalue weighted by Crippen LogP contribution is -2.20. The van der Waals surface area contributed by atoms with Crippen molar-refractivity contribution >= 4 is 35.3 Å². The van der Waals surface area contributed by atoms with Crippen LogP contribution in [-0.4, -0.2) is 29.6 Å². The Bertz CT molecular complexity index is 885. The molecule has 0 aliphatic carbocycles. The van der Waals surface area contributed by atoms with Gasteiger partial charge in [0, 0.05) is 28.3 Å². The fourth-order valence-electron chi connectivity index (χ4n) is 1.89. The minimum Gasteiger partial charge on any atom is -0.483 e. The summed E-state index contributed by atoms with van der Waals surface area (Å²) in [5, 5.41) is 14.9. The lowest BCUT2D eigenvalue weighted by Gasteiger charge is -2.07. The predicted octanol–water partition coefficient (Wildman–Crippen LogP) is 1.88. The van der Waals surface area contributed by atoms with Gasteiger partial charge in [-0.3, -0.25) is 19.7 Å². The Morgan fingerprint density at radius 3 is 2.77 bits per heavy atom. The number of nitrogens with one attached hydrogen (secondary N) is 1. The maximum absolute atomic E-state index is 12.0. The molecule has 0 radical (unpaired) electrons. The van der Waals surface area contributed by atoms with Crippen LogP contribution in [0.5, 0.6) is 5.75 Å². The maximum atomic E-state index is 12.0. The van der Waals surface area contributed by atoms with E-state index in [9.17, 15) is 19.7 Å². The van der Waals surface area contributed by atoms with Crippen LogP contribution in [0.2, 0.25) is 5.02 Å². The Labute approximate surface area is 152 Å². The highest BCUT2D eigenvalue weighted by atomic mass is 35.5. The Hall–Kier alpha value is -3.46. The first-order chi connectivity index (χ1) is 12.4. The zero-order chi connectivity index (χ0) is 19.1. The van der Waals surface area contributed by atoms with E-state index >= 15 is 0 Å². The molecule has 0 aliphatic rings. The van der Waals surface area contributed by atoms with Crippen LogP contribution in [0.1, 0.15) is 15.9 Å². The van der Waals surface area contributed by atoms with Gasteiger partial charge in [0.2, 0.25) is 0 Å². The molecule has 0 aliphatic heterocycles. The van der Waals surface area contributed by atoms with Gasteiger partial charge in [0.1, 0.15) is 5.75 Å². The molecule has 0 saturated heterocycles. The molecule has 0 unspecified atom stereocenters. The number of hydrogen-bond acceptors (Lipinski definition) is 6. The zero-order valence-corrected chi connectivity index (χ0v) is 14.0. The minimum atomic E-state index is -0.651. The molecule has 0 fully saturated rings. The predicted molar refractivity (Wildman–Crippen MR) is 94.3 cm³/mol. The summed E-state index contributed by atoms with van der Waals surface area (Å²) in [4.78, 5) is 33.0. The van der Waals surface area contributed by atoms with Crippen molar-refractivity contribution < 1.29 is 19.2 Å². The van der Waals surface area contributed by atoms with E-state index in [0.717, 1.165) is 6.07 Å². The largest absolute Gasteiger partial charge is 0.483 e. The first-order valence-electron chi connectivity index (χ1n) is 7.15. The van der Waals surface area contributed by atoms with E-state index in [2.05, 4.69) is 10.5 Å². The molecule has 3 N–H and O–H groups in total. The molecule has 26 heavy (non-hydrogen) atoms. The highest BCUT2D eigenvalue weighted by Gasteiger charge is 2.11. The molecule has 10 heteroatoms. The molecule has 0 bridgehead atoms. The molecule has 0 saturated carbocycles. The standard InChI is InChI=1S/C16H13ClN4O5/c17-12-4-5-14(26-9-15(18)22)11(6-12)8-19-20-16(23)10-2-1-3-13(7-10)21(24)25/h1-8H,9H2,(H2,18,22)(H,20,23)/b19-8+. The summed E-state index contributed by atoms with van der Waals surface area (Å²) < 4.78 is 5.23. The van der Waals surface area contributed by atoms with E-state index in [1.807, 2.05) is 0 Å². The number of nitrogens with zero attached hydrogens (tertiary/aromatic N) is 2. The number of nitro benzene ring substituents is 1. The molecular weight excluding hydrogens is 364 g/mol. The van der Waals surface area contributed by atoms with Crippen LogP contribution < -0.4 is 15.9 Å². The lowest BCUT2D eigenvalue weighted by atomic mass is 10.2. The van der Waals surface area contributed by atoms with E-state index in [-0.39, 0.29) is 17.9 Å². The summed E-state index contributed by atoms with van der Waals surface area (Å²) in [6, 6.07) is 9.80. The van der Waals surface area contributed by atoms with Gasteiger partial charge in [0.05, 0.1) is 11.1 Å². The number of hydrogen-bond donors (Lipinski definition) is 2. The summed E-state index contributed by atoms with van der Waals surface area (Å²) >= 11 is 5.90. The number of carbonyl (C=O) groups excluding carboxylic acids is 2. The Morgan fingerprint density at radius 1 is 1.31 bits per heavy atom. The SMILES string of the molecule is NC(=O)COc1ccc(Cl)cc1/C=N/NC(=O)c1cccc([N+](=O)[O-])c1. The van der Waals surface area contributed by atoms with Crippen molar-refractivity contribution in [1.82, 2.24) is 5.43 Å². The number of ether oxygens (including phenoxy) is 1. The van der Waals surface area contributed by atoms with Gasteiger partial charge in [-0.15, -0.1) is 0 Å². The quantitative estimate of drug-likeness (QED) is 0.431. The van der Waals surface area contributed by atoms with Crippen LogP contribution in [0.3, 0.4) is 0 Å². The minimum absolute atomic E-state index is 0.0765. The smallest absolute Gasteiger partial charge is 0.271 e. The number of primary amides is 1. The number of nitrogens with two attached hydrogens (primary N) is 1. The topological polar surface area (TPSA) is 137 Å². The van der Waals surface area contributed by atoms with Gasteiger partial charge < -0.3 is 10.5 Å². The van der Waals surface area contributed by atoms with Crippen molar-refractivity contribution in [3.05, 3.63) is 68.7 Å². The van der Waals surface area contributed by atoms with Crippen molar-refractivity contribution in [2.24, 2.45) is 10.8 Å².